The molecule has 6 heteroatoms. The average molecular weight is 211 g/mol. The number of imidazole rings is 1. The van der Waals surface area contributed by atoms with Crippen LogP contribution in [0.15, 0.2) is 29.7 Å². The summed E-state index contributed by atoms with van der Waals surface area (Å²) in [5, 5.41) is 11.9. The van der Waals surface area contributed by atoms with Gasteiger partial charge >= 0.3 is 0 Å². The third-order valence-corrected chi connectivity index (χ3v) is 2.15. The van der Waals surface area contributed by atoms with Crippen LogP contribution in [0.5, 0.6) is 0 Å². The lowest BCUT2D eigenvalue weighted by atomic mass is 10.4. The Morgan fingerprint density at radius 3 is 3.14 bits per heavy atom. The third kappa shape index (κ3) is 1.18. The predicted molar refractivity (Wildman–Crippen MR) is 52.7 cm³/mol. The van der Waals surface area contributed by atoms with Crippen LogP contribution in [0.25, 0.3) is 5.65 Å². The van der Waals surface area contributed by atoms with Gasteiger partial charge in [-0.05, 0) is 12.1 Å². The third-order valence-electron chi connectivity index (χ3n) is 1.86. The van der Waals surface area contributed by atoms with Crippen molar-refractivity contribution in [2.75, 3.05) is 0 Å². The summed E-state index contributed by atoms with van der Waals surface area (Å²) in [7, 11) is 0. The highest BCUT2D eigenvalue weighted by molar-refractivity contribution is 6.33. The first-order valence-corrected chi connectivity index (χ1v) is 4.21. The second kappa shape index (κ2) is 3.19. The number of hydrogen-bond acceptors (Lipinski definition) is 3. The first-order chi connectivity index (χ1) is 6.74. The molecule has 2 heterocycles. The number of oxime groups is 1. The minimum atomic E-state index is -0.000216. The number of nitrogens with zero attached hydrogens (tertiary/aromatic N) is 3. The van der Waals surface area contributed by atoms with Crippen molar-refractivity contribution in [3.8, 4) is 0 Å². The van der Waals surface area contributed by atoms with Crippen molar-refractivity contribution in [3.05, 3.63) is 35.2 Å². The van der Waals surface area contributed by atoms with Gasteiger partial charge in [0, 0.05) is 6.20 Å². The molecule has 0 saturated carbocycles. The van der Waals surface area contributed by atoms with Gasteiger partial charge in [0.1, 0.15) is 5.69 Å². The number of nitrogens with two attached hydrogens (primary N) is 1. The molecule has 0 radical (unpaired) electrons. The maximum absolute atomic E-state index is 8.52. The highest BCUT2D eigenvalue weighted by Crippen LogP contribution is 2.16. The van der Waals surface area contributed by atoms with Gasteiger partial charge < -0.3 is 10.9 Å². The molecule has 2 aromatic rings. The second-order valence-corrected chi connectivity index (χ2v) is 3.09. The van der Waals surface area contributed by atoms with Gasteiger partial charge in [-0.1, -0.05) is 16.8 Å². The molecule has 14 heavy (non-hydrogen) atoms. The van der Waals surface area contributed by atoms with Gasteiger partial charge in [-0.15, -0.1) is 0 Å². The van der Waals surface area contributed by atoms with Crippen LogP contribution in [0, 0.1) is 0 Å². The molecule has 0 unspecified atom stereocenters. The van der Waals surface area contributed by atoms with E-state index in [0.717, 1.165) is 0 Å². The summed E-state index contributed by atoms with van der Waals surface area (Å²) < 4.78 is 1.65. The van der Waals surface area contributed by atoms with E-state index in [4.69, 9.17) is 22.5 Å². The molecule has 0 spiro atoms. The Morgan fingerprint density at radius 1 is 1.64 bits per heavy atom. The molecule has 0 aromatic carbocycles. The van der Waals surface area contributed by atoms with Gasteiger partial charge in [0.15, 0.2) is 11.5 Å². The lowest BCUT2D eigenvalue weighted by Gasteiger charge is -1.99. The summed E-state index contributed by atoms with van der Waals surface area (Å²) in [5.41, 5.74) is 6.53. The largest absolute Gasteiger partial charge is 0.409 e. The zero-order valence-electron chi connectivity index (χ0n) is 7.05. The Bertz CT molecular complexity index is 505. The van der Waals surface area contributed by atoms with Crippen LogP contribution in [0.4, 0.5) is 0 Å². The normalized spacial score (nSPS) is 12.2. The van der Waals surface area contributed by atoms with Crippen LogP contribution in [0.3, 0.4) is 0 Å². The summed E-state index contributed by atoms with van der Waals surface area (Å²) >= 11 is 5.89. The van der Waals surface area contributed by atoms with Gasteiger partial charge in [0.2, 0.25) is 0 Å². The van der Waals surface area contributed by atoms with E-state index in [9.17, 15) is 0 Å². The number of fused-ring (bicyclic) bond motifs is 1. The molecular weight excluding hydrogens is 204 g/mol. The predicted octanol–water partition coefficient (Wildman–Crippen LogP) is 1.08. The minimum absolute atomic E-state index is 0.000216. The fourth-order valence-electron chi connectivity index (χ4n) is 1.22. The molecule has 0 fully saturated rings. The molecule has 0 aliphatic carbocycles. The molecule has 0 amide bonds. The van der Waals surface area contributed by atoms with Gasteiger partial charge in [-0.25, -0.2) is 4.98 Å². The molecule has 0 bridgehead atoms. The Balaban J connectivity index is 2.76. The quantitative estimate of drug-likeness (QED) is 0.320. The standard InChI is InChI=1S/C8H7ClN4O/c9-5-2-1-3-13-6(7(10)12-14)4-11-8(5)13/h1-4,14H,(H2,10,12). The van der Waals surface area contributed by atoms with Crippen LogP contribution in [-0.4, -0.2) is 20.4 Å². The second-order valence-electron chi connectivity index (χ2n) is 2.68. The lowest BCUT2D eigenvalue weighted by molar-refractivity contribution is 0.318. The van der Waals surface area contributed by atoms with Crippen LogP contribution in [0.2, 0.25) is 5.02 Å². The van der Waals surface area contributed by atoms with E-state index in [0.29, 0.717) is 16.4 Å². The fourth-order valence-corrected chi connectivity index (χ4v) is 1.43. The van der Waals surface area contributed by atoms with E-state index >= 15 is 0 Å². The minimum Gasteiger partial charge on any atom is -0.409 e. The maximum Gasteiger partial charge on any atom is 0.188 e. The summed E-state index contributed by atoms with van der Waals surface area (Å²) in [6.45, 7) is 0. The summed E-state index contributed by atoms with van der Waals surface area (Å²) in [6.07, 6.45) is 3.23. The van der Waals surface area contributed by atoms with Crippen LogP contribution in [0.1, 0.15) is 5.69 Å². The van der Waals surface area contributed by atoms with E-state index < -0.39 is 0 Å². The monoisotopic (exact) mass is 210 g/mol. The number of amidine groups is 1. The van der Waals surface area contributed by atoms with Crippen molar-refractivity contribution in [3.63, 3.8) is 0 Å². The first-order valence-electron chi connectivity index (χ1n) is 3.83. The molecule has 0 atom stereocenters. The zero-order valence-corrected chi connectivity index (χ0v) is 7.81. The number of rotatable bonds is 1. The number of halogens is 1. The maximum atomic E-state index is 8.52. The van der Waals surface area contributed by atoms with Crippen molar-refractivity contribution in [1.82, 2.24) is 9.38 Å². The SMILES string of the molecule is N/C(=N/O)c1cnc2c(Cl)cccn12. The van der Waals surface area contributed by atoms with Crippen molar-refractivity contribution >= 4 is 23.1 Å². The number of pyridine rings is 1. The van der Waals surface area contributed by atoms with Gasteiger partial charge in [0.25, 0.3) is 0 Å². The Kier molecular flexibility index (Phi) is 2.01. The Morgan fingerprint density at radius 2 is 2.43 bits per heavy atom. The Hall–Kier alpha value is -1.75. The fraction of sp³-hybridized carbons (Fsp3) is 0. The molecule has 0 aliphatic heterocycles. The zero-order chi connectivity index (χ0) is 10.1. The van der Waals surface area contributed by atoms with Crippen LogP contribution >= 0.6 is 11.6 Å². The van der Waals surface area contributed by atoms with E-state index in [1.54, 1.807) is 22.7 Å². The molecule has 5 nitrogen and oxygen atoms in total. The molecular formula is C8H7ClN4O. The lowest BCUT2D eigenvalue weighted by Crippen LogP contribution is -2.15. The first kappa shape index (κ1) is 8.83. The van der Waals surface area contributed by atoms with Gasteiger partial charge in [-0.2, -0.15) is 0 Å². The molecule has 2 aromatic heterocycles. The number of hydrogen-bond donors (Lipinski definition) is 2. The molecule has 3 N–H and O–H groups in total. The molecule has 0 saturated heterocycles. The van der Waals surface area contributed by atoms with Crippen molar-refractivity contribution in [2.45, 2.75) is 0 Å². The molecule has 0 aliphatic rings. The highest BCUT2D eigenvalue weighted by atomic mass is 35.5. The summed E-state index contributed by atoms with van der Waals surface area (Å²) in [5.74, 6) is -0.000216. The topological polar surface area (TPSA) is 75.9 Å². The van der Waals surface area contributed by atoms with E-state index in [-0.39, 0.29) is 5.84 Å². The van der Waals surface area contributed by atoms with Gasteiger partial charge in [0.05, 0.1) is 11.2 Å². The molecule has 72 valence electrons. The molecule has 2 rings (SSSR count). The van der Waals surface area contributed by atoms with Crippen LogP contribution < -0.4 is 5.73 Å². The smallest absolute Gasteiger partial charge is 0.188 e. The number of aromatic nitrogens is 2. The van der Waals surface area contributed by atoms with E-state index in [2.05, 4.69) is 10.1 Å². The average Bonchev–Trinajstić information content (AvgIpc) is 2.62. The van der Waals surface area contributed by atoms with Crippen molar-refractivity contribution in [1.29, 1.82) is 0 Å². The van der Waals surface area contributed by atoms with Gasteiger partial charge in [-0.3, -0.25) is 4.40 Å². The van der Waals surface area contributed by atoms with Crippen molar-refractivity contribution in [2.24, 2.45) is 10.9 Å². The van der Waals surface area contributed by atoms with E-state index in [1.165, 1.54) is 6.20 Å². The summed E-state index contributed by atoms with van der Waals surface area (Å²) in [4.78, 5) is 4.05. The Labute approximate surface area is 84.4 Å². The summed E-state index contributed by atoms with van der Waals surface area (Å²) in [6, 6.07) is 3.48. The van der Waals surface area contributed by atoms with Crippen LogP contribution in [-0.2, 0) is 0 Å². The highest BCUT2D eigenvalue weighted by Gasteiger charge is 2.08. The van der Waals surface area contributed by atoms with Crippen molar-refractivity contribution < 1.29 is 5.21 Å². The van der Waals surface area contributed by atoms with E-state index in [1.807, 2.05) is 0 Å².